The van der Waals surface area contributed by atoms with Gasteiger partial charge in [0.1, 0.15) is 5.78 Å². The van der Waals surface area contributed by atoms with Gasteiger partial charge in [0.2, 0.25) is 5.91 Å². The van der Waals surface area contributed by atoms with Gasteiger partial charge < -0.3 is 10.5 Å². The summed E-state index contributed by atoms with van der Waals surface area (Å²) in [6.07, 6.45) is 10.5. The number of Topliss-reactive ketones (excluding diaryl/α,β-unsaturated/α-hetero) is 1. The van der Waals surface area contributed by atoms with E-state index in [1.807, 2.05) is 13.8 Å². The van der Waals surface area contributed by atoms with Crippen LogP contribution in [0.3, 0.4) is 0 Å². The van der Waals surface area contributed by atoms with E-state index in [1.165, 1.54) is 25.7 Å². The first-order valence-electron chi connectivity index (χ1n) is 8.44. The molecule has 0 unspecified atom stereocenters. The zero-order chi connectivity index (χ0) is 15.7. The Bertz CT molecular complexity index is 318. The number of primary amides is 1. The lowest BCUT2D eigenvalue weighted by Crippen LogP contribution is -2.25. The maximum atomic E-state index is 11.1. The van der Waals surface area contributed by atoms with E-state index < -0.39 is 0 Å². The summed E-state index contributed by atoms with van der Waals surface area (Å²) >= 11 is 0. The van der Waals surface area contributed by atoms with Gasteiger partial charge in [0, 0.05) is 18.3 Å². The number of carbonyl (C=O) groups excluding carboxylic acids is 2. The summed E-state index contributed by atoms with van der Waals surface area (Å²) in [4.78, 5) is 21.5. The first-order valence-corrected chi connectivity index (χ1v) is 8.44. The van der Waals surface area contributed by atoms with Gasteiger partial charge in [-0.15, -0.1) is 0 Å². The van der Waals surface area contributed by atoms with Crippen molar-refractivity contribution >= 4 is 11.7 Å². The molecule has 21 heavy (non-hydrogen) atoms. The molecule has 4 nitrogen and oxygen atoms in total. The number of hydrogen-bond acceptors (Lipinski definition) is 3. The topological polar surface area (TPSA) is 69.4 Å². The molecule has 0 aromatic rings. The van der Waals surface area contributed by atoms with Gasteiger partial charge in [-0.05, 0) is 25.7 Å². The van der Waals surface area contributed by atoms with E-state index in [1.54, 1.807) is 0 Å². The highest BCUT2D eigenvalue weighted by Gasteiger charge is 2.26. The van der Waals surface area contributed by atoms with E-state index >= 15 is 0 Å². The maximum absolute atomic E-state index is 11.1. The molecule has 1 amide bonds. The minimum Gasteiger partial charge on any atom is -0.378 e. The minimum atomic E-state index is -0.272. The molecule has 0 aliphatic heterocycles. The SMILES string of the molecule is CC(C)C(=O)C1CCC1.NC(=O)CCOC1CCCCC1. The monoisotopic (exact) mass is 297 g/mol. The molecule has 0 radical (unpaired) electrons. The highest BCUT2D eigenvalue weighted by molar-refractivity contribution is 5.83. The molecule has 4 heteroatoms. The van der Waals surface area contributed by atoms with Crippen LogP contribution in [-0.4, -0.2) is 24.4 Å². The maximum Gasteiger partial charge on any atom is 0.219 e. The van der Waals surface area contributed by atoms with Crippen LogP contribution in [0.15, 0.2) is 0 Å². The zero-order valence-corrected chi connectivity index (χ0v) is 13.6. The van der Waals surface area contributed by atoms with Crippen LogP contribution in [0.2, 0.25) is 0 Å². The molecule has 2 aliphatic carbocycles. The molecular weight excluding hydrogens is 266 g/mol. The quantitative estimate of drug-likeness (QED) is 0.818. The Kier molecular flexibility index (Phi) is 8.58. The van der Waals surface area contributed by atoms with Crippen molar-refractivity contribution in [3.05, 3.63) is 0 Å². The van der Waals surface area contributed by atoms with E-state index in [4.69, 9.17) is 10.5 Å². The van der Waals surface area contributed by atoms with E-state index in [2.05, 4.69) is 0 Å². The van der Waals surface area contributed by atoms with Gasteiger partial charge in [-0.2, -0.15) is 0 Å². The van der Waals surface area contributed by atoms with Gasteiger partial charge in [0.25, 0.3) is 0 Å². The molecule has 0 heterocycles. The summed E-state index contributed by atoms with van der Waals surface area (Å²) in [5.74, 6) is 0.896. The summed E-state index contributed by atoms with van der Waals surface area (Å²) < 4.78 is 5.49. The molecule has 2 N–H and O–H groups in total. The van der Waals surface area contributed by atoms with Crippen molar-refractivity contribution in [1.29, 1.82) is 0 Å². The molecule has 0 atom stereocenters. The molecule has 0 aromatic carbocycles. The molecule has 2 rings (SSSR count). The highest BCUT2D eigenvalue weighted by Crippen LogP contribution is 2.29. The van der Waals surface area contributed by atoms with Crippen LogP contribution in [0.1, 0.15) is 71.6 Å². The van der Waals surface area contributed by atoms with Crippen molar-refractivity contribution in [3.63, 3.8) is 0 Å². The number of nitrogens with two attached hydrogens (primary N) is 1. The van der Waals surface area contributed by atoms with Crippen LogP contribution in [0.4, 0.5) is 0 Å². The van der Waals surface area contributed by atoms with E-state index in [9.17, 15) is 9.59 Å². The Labute approximate surface area is 128 Å². The summed E-state index contributed by atoms with van der Waals surface area (Å²) in [5, 5.41) is 0. The van der Waals surface area contributed by atoms with Gasteiger partial charge >= 0.3 is 0 Å². The smallest absolute Gasteiger partial charge is 0.219 e. The van der Waals surface area contributed by atoms with Crippen molar-refractivity contribution in [2.24, 2.45) is 17.6 Å². The second kappa shape index (κ2) is 9.93. The van der Waals surface area contributed by atoms with Crippen molar-refractivity contribution in [3.8, 4) is 0 Å². The van der Waals surface area contributed by atoms with Crippen LogP contribution in [0.25, 0.3) is 0 Å². The van der Waals surface area contributed by atoms with Gasteiger partial charge in [-0.3, -0.25) is 9.59 Å². The molecule has 122 valence electrons. The van der Waals surface area contributed by atoms with E-state index in [-0.39, 0.29) is 11.8 Å². The Hall–Kier alpha value is -0.900. The summed E-state index contributed by atoms with van der Waals surface area (Å²) in [5.41, 5.74) is 4.99. The van der Waals surface area contributed by atoms with Crippen LogP contribution < -0.4 is 5.73 Å². The third-order valence-corrected chi connectivity index (χ3v) is 4.33. The summed E-state index contributed by atoms with van der Waals surface area (Å²) in [7, 11) is 0. The number of amides is 1. The number of carbonyl (C=O) groups is 2. The number of ketones is 1. The molecule has 0 aromatic heterocycles. The average molecular weight is 297 g/mol. The molecule has 0 spiro atoms. The Morgan fingerprint density at radius 3 is 2.05 bits per heavy atom. The Morgan fingerprint density at radius 2 is 1.67 bits per heavy atom. The van der Waals surface area contributed by atoms with Crippen molar-refractivity contribution in [2.45, 2.75) is 77.7 Å². The van der Waals surface area contributed by atoms with Gasteiger partial charge in [-0.25, -0.2) is 0 Å². The Balaban J connectivity index is 0.000000219. The molecule has 2 saturated carbocycles. The van der Waals surface area contributed by atoms with Crippen LogP contribution >= 0.6 is 0 Å². The van der Waals surface area contributed by atoms with Gasteiger partial charge in [0.05, 0.1) is 12.7 Å². The normalized spacial score (nSPS) is 19.6. The third kappa shape index (κ3) is 7.60. The predicted octanol–water partition coefficient (Wildman–Crippen LogP) is 3.22. The van der Waals surface area contributed by atoms with Crippen molar-refractivity contribution in [2.75, 3.05) is 6.61 Å². The first kappa shape index (κ1) is 18.1. The average Bonchev–Trinajstić information content (AvgIpc) is 2.38. The van der Waals surface area contributed by atoms with E-state index in [0.717, 1.165) is 25.7 Å². The second-order valence-electron chi connectivity index (χ2n) is 6.53. The fourth-order valence-electron chi connectivity index (χ4n) is 2.72. The summed E-state index contributed by atoms with van der Waals surface area (Å²) in [6.45, 7) is 4.47. The molecular formula is C17H31NO3. The van der Waals surface area contributed by atoms with Crippen LogP contribution in [0.5, 0.6) is 0 Å². The lowest BCUT2D eigenvalue weighted by Gasteiger charge is -2.25. The molecule has 2 fully saturated rings. The first-order chi connectivity index (χ1) is 10.0. The minimum absolute atomic E-state index is 0.260. The highest BCUT2D eigenvalue weighted by atomic mass is 16.5. The van der Waals surface area contributed by atoms with Crippen LogP contribution in [-0.2, 0) is 14.3 Å². The van der Waals surface area contributed by atoms with Gasteiger partial charge in [-0.1, -0.05) is 39.5 Å². The number of ether oxygens (including phenoxy) is 1. The fourth-order valence-corrected chi connectivity index (χ4v) is 2.72. The molecule has 2 aliphatic rings. The van der Waals surface area contributed by atoms with E-state index in [0.29, 0.717) is 30.8 Å². The van der Waals surface area contributed by atoms with Crippen molar-refractivity contribution in [1.82, 2.24) is 0 Å². The largest absolute Gasteiger partial charge is 0.378 e. The lowest BCUT2D eigenvalue weighted by atomic mass is 9.79. The number of hydrogen-bond donors (Lipinski definition) is 1. The molecule has 0 saturated heterocycles. The Morgan fingerprint density at radius 1 is 1.05 bits per heavy atom. The molecule has 0 bridgehead atoms. The fraction of sp³-hybridized carbons (Fsp3) is 0.882. The summed E-state index contributed by atoms with van der Waals surface area (Å²) in [6, 6.07) is 0. The van der Waals surface area contributed by atoms with Gasteiger partial charge in [0.15, 0.2) is 0 Å². The standard InChI is InChI=1S/C9H17NO2.C8H14O/c10-9(11)6-7-12-8-4-2-1-3-5-8;1-6(2)8(9)7-4-3-5-7/h8H,1-7H2,(H2,10,11);6-7H,3-5H2,1-2H3. The third-order valence-electron chi connectivity index (χ3n) is 4.33. The number of rotatable bonds is 6. The van der Waals surface area contributed by atoms with Crippen LogP contribution in [0, 0.1) is 11.8 Å². The zero-order valence-electron chi connectivity index (χ0n) is 13.6. The predicted molar refractivity (Wildman–Crippen MR) is 83.8 cm³/mol. The van der Waals surface area contributed by atoms with Crippen molar-refractivity contribution < 1.29 is 14.3 Å². The lowest BCUT2D eigenvalue weighted by molar-refractivity contribution is -0.128. The second-order valence-corrected chi connectivity index (χ2v) is 6.53.